The zero-order chi connectivity index (χ0) is 14.5. The van der Waals surface area contributed by atoms with Crippen molar-refractivity contribution < 1.29 is 5.11 Å². The first-order chi connectivity index (χ1) is 9.61. The van der Waals surface area contributed by atoms with Gasteiger partial charge in [0, 0.05) is 37.8 Å². The fourth-order valence-corrected chi connectivity index (χ4v) is 2.65. The number of hydrogen-bond donors (Lipinski definition) is 2. The van der Waals surface area contributed by atoms with Crippen LogP contribution in [0.1, 0.15) is 30.5 Å². The van der Waals surface area contributed by atoms with E-state index in [1.807, 2.05) is 6.92 Å². The lowest BCUT2D eigenvalue weighted by Crippen LogP contribution is -2.45. The molecule has 4 nitrogen and oxygen atoms in total. The van der Waals surface area contributed by atoms with Crippen LogP contribution in [0.25, 0.3) is 0 Å². The van der Waals surface area contributed by atoms with E-state index < -0.39 is 0 Å². The van der Waals surface area contributed by atoms with Gasteiger partial charge in [0.05, 0.1) is 11.6 Å². The molecule has 2 N–H and O–H groups in total. The second-order valence-corrected chi connectivity index (χ2v) is 5.35. The van der Waals surface area contributed by atoms with Crippen molar-refractivity contribution in [3.63, 3.8) is 0 Å². The summed E-state index contributed by atoms with van der Waals surface area (Å²) in [6.45, 7) is 9.78. The Morgan fingerprint density at radius 1 is 1.50 bits per heavy atom. The molecule has 0 amide bonds. The number of hydrogen-bond acceptors (Lipinski definition) is 4. The third-order valence-electron chi connectivity index (χ3n) is 3.65. The molecular weight excluding hydrogens is 250 g/mol. The lowest BCUT2D eigenvalue weighted by Gasteiger charge is -2.35. The quantitative estimate of drug-likeness (QED) is 0.824. The average molecular weight is 271 g/mol. The predicted molar refractivity (Wildman–Crippen MR) is 79.4 cm³/mol. The summed E-state index contributed by atoms with van der Waals surface area (Å²) >= 11 is 0. The van der Waals surface area contributed by atoms with Crippen LogP contribution < -0.4 is 5.32 Å². The molecule has 0 bridgehead atoms. The topological polar surface area (TPSA) is 59.3 Å². The zero-order valence-corrected chi connectivity index (χ0v) is 11.9. The van der Waals surface area contributed by atoms with Crippen molar-refractivity contribution >= 4 is 0 Å². The summed E-state index contributed by atoms with van der Waals surface area (Å²) in [5, 5.41) is 22.5. The fourth-order valence-electron chi connectivity index (χ4n) is 2.65. The van der Waals surface area contributed by atoms with Crippen LogP contribution in [0, 0.1) is 11.3 Å². The van der Waals surface area contributed by atoms with Crippen LogP contribution in [0.3, 0.4) is 0 Å². The maximum absolute atomic E-state index is 10.2. The molecule has 106 valence electrons. The van der Waals surface area contributed by atoms with E-state index in [0.717, 1.165) is 43.7 Å². The van der Waals surface area contributed by atoms with Gasteiger partial charge in [-0.2, -0.15) is 5.26 Å². The van der Waals surface area contributed by atoms with Gasteiger partial charge in [0.1, 0.15) is 5.75 Å². The van der Waals surface area contributed by atoms with Gasteiger partial charge in [0.15, 0.2) is 0 Å². The maximum Gasteiger partial charge on any atom is 0.120 e. The highest BCUT2D eigenvalue weighted by molar-refractivity contribution is 5.43. The van der Waals surface area contributed by atoms with E-state index in [2.05, 4.69) is 22.9 Å². The maximum atomic E-state index is 10.2. The van der Waals surface area contributed by atoms with E-state index in [4.69, 9.17) is 5.26 Å². The lowest BCUT2D eigenvalue weighted by molar-refractivity contribution is 0.170. The molecular formula is C16H21N3O. The summed E-state index contributed by atoms with van der Waals surface area (Å²) in [6, 6.07) is 7.28. The molecule has 1 heterocycles. The van der Waals surface area contributed by atoms with E-state index in [1.54, 1.807) is 18.2 Å². The zero-order valence-electron chi connectivity index (χ0n) is 11.9. The fraction of sp³-hybridized carbons (Fsp3) is 0.438. The second kappa shape index (κ2) is 6.56. The Hall–Kier alpha value is -1.83. The van der Waals surface area contributed by atoms with E-state index in [1.165, 1.54) is 0 Å². The van der Waals surface area contributed by atoms with Crippen LogP contribution in [-0.2, 0) is 0 Å². The summed E-state index contributed by atoms with van der Waals surface area (Å²) in [5.74, 6) is 0.258. The van der Waals surface area contributed by atoms with Crippen molar-refractivity contribution in [3.8, 4) is 11.8 Å². The smallest absolute Gasteiger partial charge is 0.120 e. The molecule has 1 fully saturated rings. The Balaban J connectivity index is 2.34. The molecule has 0 spiro atoms. The van der Waals surface area contributed by atoms with Crippen molar-refractivity contribution in [1.29, 1.82) is 5.26 Å². The third kappa shape index (κ3) is 3.38. The number of nitrogens with one attached hydrogen (secondary N) is 1. The van der Waals surface area contributed by atoms with Gasteiger partial charge in [0.25, 0.3) is 0 Å². The van der Waals surface area contributed by atoms with Gasteiger partial charge in [-0.15, -0.1) is 6.58 Å². The molecule has 1 aliphatic heterocycles. The van der Waals surface area contributed by atoms with Crippen molar-refractivity contribution in [2.45, 2.75) is 19.4 Å². The number of phenols is 1. The first-order valence-electron chi connectivity index (χ1n) is 6.94. The number of phenolic OH excluding ortho intramolecular Hbond substituents is 1. The normalized spacial score (nSPS) is 17.4. The van der Waals surface area contributed by atoms with Crippen molar-refractivity contribution in [1.82, 2.24) is 10.2 Å². The van der Waals surface area contributed by atoms with Crippen LogP contribution in [-0.4, -0.2) is 36.2 Å². The summed E-state index contributed by atoms with van der Waals surface area (Å²) in [4.78, 5) is 2.35. The average Bonchev–Trinajstić information content (AvgIpc) is 2.46. The van der Waals surface area contributed by atoms with E-state index in [-0.39, 0.29) is 11.8 Å². The van der Waals surface area contributed by atoms with E-state index in [0.29, 0.717) is 5.56 Å². The number of piperazine rings is 1. The predicted octanol–water partition coefficient (Wildman–Crippen LogP) is 2.18. The van der Waals surface area contributed by atoms with E-state index >= 15 is 0 Å². The summed E-state index contributed by atoms with van der Waals surface area (Å²) < 4.78 is 0. The highest BCUT2D eigenvalue weighted by atomic mass is 16.3. The SMILES string of the molecule is C=C(C)C[C@@H](c1cc(C#N)ccc1O)N1CCNCC1. The van der Waals surface area contributed by atoms with Gasteiger partial charge in [-0.25, -0.2) is 0 Å². The van der Waals surface area contributed by atoms with Gasteiger partial charge in [0.2, 0.25) is 0 Å². The largest absolute Gasteiger partial charge is 0.508 e. The molecule has 0 unspecified atom stereocenters. The van der Waals surface area contributed by atoms with Crippen molar-refractivity contribution in [2.24, 2.45) is 0 Å². The van der Waals surface area contributed by atoms with E-state index in [9.17, 15) is 5.11 Å². The highest BCUT2D eigenvalue weighted by Crippen LogP contribution is 2.33. The minimum Gasteiger partial charge on any atom is -0.508 e. The summed E-state index contributed by atoms with van der Waals surface area (Å²) in [5.41, 5.74) is 2.49. The van der Waals surface area contributed by atoms with Crippen LogP contribution in [0.5, 0.6) is 5.75 Å². The van der Waals surface area contributed by atoms with Crippen LogP contribution in [0.4, 0.5) is 0 Å². The molecule has 2 rings (SSSR count). The van der Waals surface area contributed by atoms with Crippen LogP contribution >= 0.6 is 0 Å². The summed E-state index contributed by atoms with van der Waals surface area (Å²) in [6.07, 6.45) is 0.794. The Kier molecular flexibility index (Phi) is 4.78. The number of rotatable bonds is 4. The monoisotopic (exact) mass is 271 g/mol. The van der Waals surface area contributed by atoms with Crippen LogP contribution in [0.2, 0.25) is 0 Å². The van der Waals surface area contributed by atoms with Gasteiger partial charge in [-0.1, -0.05) is 5.57 Å². The first-order valence-corrected chi connectivity index (χ1v) is 6.94. The number of nitriles is 1. The van der Waals surface area contributed by atoms with Gasteiger partial charge < -0.3 is 10.4 Å². The Labute approximate surface area is 120 Å². The molecule has 0 aliphatic carbocycles. The number of aromatic hydroxyl groups is 1. The third-order valence-corrected chi connectivity index (χ3v) is 3.65. The molecule has 1 aliphatic rings. The molecule has 0 saturated carbocycles. The van der Waals surface area contributed by atoms with Crippen molar-refractivity contribution in [2.75, 3.05) is 26.2 Å². The first kappa shape index (κ1) is 14.6. The standard InChI is InChI=1S/C16H21N3O/c1-12(2)9-15(19-7-5-18-6-8-19)14-10-13(11-17)3-4-16(14)20/h3-4,10,15,18,20H,1,5-9H2,2H3/t15-/m0/s1. The number of benzene rings is 1. The second-order valence-electron chi connectivity index (χ2n) is 5.35. The van der Waals surface area contributed by atoms with Gasteiger partial charge >= 0.3 is 0 Å². The molecule has 1 saturated heterocycles. The van der Waals surface area contributed by atoms with Crippen LogP contribution in [0.15, 0.2) is 30.4 Å². The Morgan fingerprint density at radius 3 is 2.80 bits per heavy atom. The molecule has 1 aromatic carbocycles. The highest BCUT2D eigenvalue weighted by Gasteiger charge is 2.24. The van der Waals surface area contributed by atoms with Crippen molar-refractivity contribution in [3.05, 3.63) is 41.5 Å². The molecule has 0 radical (unpaired) electrons. The Morgan fingerprint density at radius 2 is 2.20 bits per heavy atom. The molecule has 20 heavy (non-hydrogen) atoms. The molecule has 1 atom stereocenters. The molecule has 4 heteroatoms. The minimum absolute atomic E-state index is 0.0860. The molecule has 0 aromatic heterocycles. The van der Waals surface area contributed by atoms with Gasteiger partial charge in [-0.05, 0) is 31.5 Å². The Bertz CT molecular complexity index is 527. The van der Waals surface area contributed by atoms with Gasteiger partial charge in [-0.3, -0.25) is 4.90 Å². The minimum atomic E-state index is 0.0860. The lowest BCUT2D eigenvalue weighted by atomic mass is 9.95. The molecule has 1 aromatic rings. The summed E-state index contributed by atoms with van der Waals surface area (Å²) in [7, 11) is 0. The number of nitrogens with zero attached hydrogens (tertiary/aromatic N) is 2.